The predicted octanol–water partition coefficient (Wildman–Crippen LogP) is 6.39. The zero-order chi connectivity index (χ0) is 26.5. The number of amidine groups is 1. The number of ether oxygens (including phenoxy) is 1. The van der Waals surface area contributed by atoms with Crippen molar-refractivity contribution in [1.82, 2.24) is 5.01 Å². The van der Waals surface area contributed by atoms with Crippen LogP contribution in [0.4, 0.5) is 13.2 Å². The van der Waals surface area contributed by atoms with E-state index in [4.69, 9.17) is 10.5 Å². The van der Waals surface area contributed by atoms with Gasteiger partial charge in [-0.1, -0.05) is 26.5 Å². The van der Waals surface area contributed by atoms with Gasteiger partial charge < -0.3 is 10.5 Å². The number of hydrogen-bond acceptors (Lipinski definition) is 4. The van der Waals surface area contributed by atoms with Crippen molar-refractivity contribution in [1.29, 1.82) is 0 Å². The number of carbonyl (C=O) groups excluding carboxylic acids is 1. The molecule has 5 nitrogen and oxygen atoms in total. The molecule has 0 saturated carbocycles. The average molecular weight is 498 g/mol. The Morgan fingerprint density at radius 2 is 1.92 bits per heavy atom. The smallest absolute Gasteiger partial charge is 0.199 e. The maximum atomic E-state index is 15.0. The molecule has 2 aromatic carbocycles. The zero-order valence-electron chi connectivity index (χ0n) is 20.6. The van der Waals surface area contributed by atoms with Gasteiger partial charge in [0.05, 0.1) is 12.3 Å². The molecule has 190 valence electrons. The predicted molar refractivity (Wildman–Crippen MR) is 136 cm³/mol. The molecule has 0 bridgehead atoms. The Morgan fingerprint density at radius 3 is 2.56 bits per heavy atom. The van der Waals surface area contributed by atoms with E-state index in [2.05, 4.69) is 11.7 Å². The quantitative estimate of drug-likeness (QED) is 0.235. The van der Waals surface area contributed by atoms with Crippen molar-refractivity contribution in [2.75, 3.05) is 6.61 Å². The van der Waals surface area contributed by atoms with Crippen LogP contribution >= 0.6 is 0 Å². The second-order valence-corrected chi connectivity index (χ2v) is 8.86. The standard InChI is InChI=1S/C28H30F3N3O2/c1-5-18(2)27(32)33-34-14-12-22(16-19(34)3)21-8-11-24(30)25(17-21)36-15-13-28(4,31)26(35)20-6-9-23(29)10-7-20/h6-12,14,16-18H,3,5,13,15H2,1-2,4H3,(H2,32,33). The molecule has 0 saturated heterocycles. The number of nitrogens with zero attached hydrogens (tertiary/aromatic N) is 2. The molecule has 0 aromatic heterocycles. The number of Topliss-reactive ketones (excluding diaryl/α,β-unsaturated/α-hetero) is 1. The Balaban J connectivity index is 1.67. The van der Waals surface area contributed by atoms with Gasteiger partial charge in [0.15, 0.2) is 23.0 Å². The van der Waals surface area contributed by atoms with Crippen molar-refractivity contribution in [2.45, 2.75) is 39.3 Å². The van der Waals surface area contributed by atoms with Gasteiger partial charge in [-0.05, 0) is 73.0 Å². The van der Waals surface area contributed by atoms with Gasteiger partial charge in [-0.2, -0.15) is 5.10 Å². The monoisotopic (exact) mass is 497 g/mol. The van der Waals surface area contributed by atoms with Crippen molar-refractivity contribution in [3.05, 3.63) is 95.9 Å². The van der Waals surface area contributed by atoms with Crippen molar-refractivity contribution < 1.29 is 22.7 Å². The largest absolute Gasteiger partial charge is 0.490 e. The number of allylic oxidation sites excluding steroid dienone is 3. The van der Waals surface area contributed by atoms with E-state index in [0.29, 0.717) is 17.1 Å². The summed E-state index contributed by atoms with van der Waals surface area (Å²) in [6.45, 7) is 8.91. The first-order valence-electron chi connectivity index (χ1n) is 11.7. The third-order valence-electron chi connectivity index (χ3n) is 6.03. The molecular weight excluding hydrogens is 467 g/mol. The molecule has 2 unspecified atom stereocenters. The molecule has 0 radical (unpaired) electrons. The summed E-state index contributed by atoms with van der Waals surface area (Å²) in [5.41, 5.74) is 5.81. The van der Waals surface area contributed by atoms with Gasteiger partial charge in [-0.3, -0.25) is 4.79 Å². The maximum Gasteiger partial charge on any atom is 0.199 e. The fourth-order valence-corrected chi connectivity index (χ4v) is 3.41. The number of halogens is 3. The molecule has 8 heteroatoms. The molecule has 0 fully saturated rings. The van der Waals surface area contributed by atoms with Crippen LogP contribution in [0.3, 0.4) is 0 Å². The number of alkyl halides is 1. The fourth-order valence-electron chi connectivity index (χ4n) is 3.41. The molecule has 1 aliphatic rings. The minimum Gasteiger partial charge on any atom is -0.490 e. The highest BCUT2D eigenvalue weighted by molar-refractivity contribution is 6.02. The minimum absolute atomic E-state index is 0.0510. The number of nitrogens with two attached hydrogens (primary N) is 1. The van der Waals surface area contributed by atoms with E-state index in [0.717, 1.165) is 31.1 Å². The fraction of sp³-hybridized carbons (Fsp3) is 0.286. The second-order valence-electron chi connectivity index (χ2n) is 8.86. The molecular formula is C28H30F3N3O2. The highest BCUT2D eigenvalue weighted by Gasteiger charge is 2.33. The molecule has 0 spiro atoms. The van der Waals surface area contributed by atoms with Crippen molar-refractivity contribution in [3.63, 3.8) is 0 Å². The van der Waals surface area contributed by atoms with E-state index in [1.807, 2.05) is 13.8 Å². The summed E-state index contributed by atoms with van der Waals surface area (Å²) in [6.07, 6.45) is 5.84. The van der Waals surface area contributed by atoms with Gasteiger partial charge in [-0.25, -0.2) is 18.2 Å². The third kappa shape index (κ3) is 6.44. The van der Waals surface area contributed by atoms with Crippen LogP contribution in [0, 0.1) is 17.6 Å². The Bertz CT molecular complexity index is 1220. The van der Waals surface area contributed by atoms with E-state index in [1.165, 1.54) is 24.3 Å². The summed E-state index contributed by atoms with van der Waals surface area (Å²) in [6, 6.07) is 8.99. The molecule has 2 N–H and O–H groups in total. The third-order valence-corrected chi connectivity index (χ3v) is 6.03. The number of benzene rings is 2. The van der Waals surface area contributed by atoms with Crippen LogP contribution in [0.1, 0.15) is 49.5 Å². The molecule has 36 heavy (non-hydrogen) atoms. The lowest BCUT2D eigenvalue weighted by Crippen LogP contribution is -2.32. The van der Waals surface area contributed by atoms with Crippen molar-refractivity contribution in [2.24, 2.45) is 16.8 Å². The van der Waals surface area contributed by atoms with E-state index in [-0.39, 0.29) is 30.3 Å². The summed E-state index contributed by atoms with van der Waals surface area (Å²) in [7, 11) is 0. The number of carbonyl (C=O) groups is 1. The molecule has 0 aliphatic carbocycles. The van der Waals surface area contributed by atoms with Crippen molar-refractivity contribution in [3.8, 4) is 5.75 Å². The van der Waals surface area contributed by atoms with Crippen LogP contribution in [-0.2, 0) is 0 Å². The lowest BCUT2D eigenvalue weighted by Gasteiger charge is -2.22. The SMILES string of the molecule is C=C1C=C(c2ccc(F)c(OCCC(C)(F)C(=O)c3ccc(F)cc3)c2)C=CN1/N=C(/N)C(C)CC. The van der Waals surface area contributed by atoms with E-state index in [1.54, 1.807) is 29.4 Å². The molecule has 3 rings (SSSR count). The number of hydrogen-bond donors (Lipinski definition) is 1. The molecule has 2 aromatic rings. The summed E-state index contributed by atoms with van der Waals surface area (Å²) in [4.78, 5) is 12.5. The van der Waals surface area contributed by atoms with Crippen LogP contribution < -0.4 is 10.5 Å². The number of hydrazone groups is 1. The van der Waals surface area contributed by atoms with Crippen LogP contribution in [0.2, 0.25) is 0 Å². The number of ketones is 1. The zero-order valence-corrected chi connectivity index (χ0v) is 20.6. The van der Waals surface area contributed by atoms with Gasteiger partial charge in [0.25, 0.3) is 0 Å². The summed E-state index contributed by atoms with van der Waals surface area (Å²) in [5.74, 6) is -1.37. The van der Waals surface area contributed by atoms with Crippen LogP contribution in [0.25, 0.3) is 5.57 Å². The average Bonchev–Trinajstić information content (AvgIpc) is 2.85. The normalized spacial score (nSPS) is 16.4. The van der Waals surface area contributed by atoms with Crippen LogP contribution in [0.15, 0.2) is 78.2 Å². The first kappa shape index (κ1) is 26.8. The first-order chi connectivity index (χ1) is 17.0. The maximum absolute atomic E-state index is 15.0. The Morgan fingerprint density at radius 1 is 1.22 bits per heavy atom. The Kier molecular flexibility index (Phi) is 8.40. The Hall–Kier alpha value is -3.81. The summed E-state index contributed by atoms with van der Waals surface area (Å²) < 4.78 is 48.0. The van der Waals surface area contributed by atoms with Gasteiger partial charge in [-0.15, -0.1) is 0 Å². The van der Waals surface area contributed by atoms with Gasteiger partial charge in [0.2, 0.25) is 0 Å². The van der Waals surface area contributed by atoms with E-state index >= 15 is 4.39 Å². The highest BCUT2D eigenvalue weighted by Crippen LogP contribution is 2.29. The molecule has 2 atom stereocenters. The molecule has 0 amide bonds. The van der Waals surface area contributed by atoms with Gasteiger partial charge >= 0.3 is 0 Å². The van der Waals surface area contributed by atoms with Gasteiger partial charge in [0, 0.05) is 24.1 Å². The topological polar surface area (TPSA) is 67.9 Å². The second kappa shape index (κ2) is 11.3. The molecule has 1 heterocycles. The summed E-state index contributed by atoms with van der Waals surface area (Å²) >= 11 is 0. The number of rotatable bonds is 10. The molecule has 1 aliphatic heterocycles. The Labute approximate surface area is 209 Å². The van der Waals surface area contributed by atoms with E-state index < -0.39 is 23.1 Å². The van der Waals surface area contributed by atoms with Crippen LogP contribution in [0.5, 0.6) is 5.75 Å². The van der Waals surface area contributed by atoms with Crippen molar-refractivity contribution >= 4 is 17.2 Å². The van der Waals surface area contributed by atoms with Crippen LogP contribution in [-0.4, -0.2) is 28.9 Å². The highest BCUT2D eigenvalue weighted by atomic mass is 19.1. The first-order valence-corrected chi connectivity index (χ1v) is 11.7. The lowest BCUT2D eigenvalue weighted by atomic mass is 9.93. The summed E-state index contributed by atoms with van der Waals surface area (Å²) in [5, 5.41) is 5.96. The van der Waals surface area contributed by atoms with E-state index in [9.17, 15) is 13.6 Å². The minimum atomic E-state index is -2.26. The van der Waals surface area contributed by atoms with Gasteiger partial charge in [0.1, 0.15) is 11.7 Å². The lowest BCUT2D eigenvalue weighted by molar-refractivity contribution is 0.0663.